The molecule has 0 atom stereocenters. The summed E-state index contributed by atoms with van der Waals surface area (Å²) in [4.78, 5) is 27.6. The lowest BCUT2D eigenvalue weighted by Crippen LogP contribution is -2.33. The Kier molecular flexibility index (Phi) is 5.54. The van der Waals surface area contributed by atoms with Gasteiger partial charge in [0.2, 0.25) is 0 Å². The molecule has 5 nitrogen and oxygen atoms in total. The van der Waals surface area contributed by atoms with Crippen LogP contribution >= 0.6 is 0 Å². The average Bonchev–Trinajstić information content (AvgIpc) is 3.01. The SMILES string of the molecule is CCOc1ccc(C2=C(Nc3ccccc3C)C(=O)N(c3ccccc3F)C2=O)cc1. The van der Waals surface area contributed by atoms with Crippen molar-refractivity contribution in [1.29, 1.82) is 0 Å². The van der Waals surface area contributed by atoms with E-state index < -0.39 is 17.6 Å². The van der Waals surface area contributed by atoms with Gasteiger partial charge in [0.05, 0.1) is 17.9 Å². The van der Waals surface area contributed by atoms with Crippen molar-refractivity contribution in [3.05, 3.63) is 95.4 Å². The van der Waals surface area contributed by atoms with Crippen LogP contribution in [0.5, 0.6) is 5.75 Å². The molecule has 0 aromatic heterocycles. The van der Waals surface area contributed by atoms with E-state index >= 15 is 0 Å². The van der Waals surface area contributed by atoms with Crippen molar-refractivity contribution < 1.29 is 18.7 Å². The summed E-state index contributed by atoms with van der Waals surface area (Å²) in [7, 11) is 0. The molecule has 156 valence electrons. The third kappa shape index (κ3) is 3.80. The summed E-state index contributed by atoms with van der Waals surface area (Å²) in [5.41, 5.74) is 2.34. The molecule has 31 heavy (non-hydrogen) atoms. The van der Waals surface area contributed by atoms with E-state index in [1.807, 2.05) is 38.1 Å². The number of ether oxygens (including phenoxy) is 1. The first-order valence-corrected chi connectivity index (χ1v) is 9.94. The third-order valence-corrected chi connectivity index (χ3v) is 5.04. The van der Waals surface area contributed by atoms with Gasteiger partial charge in [-0.15, -0.1) is 0 Å². The molecule has 1 aliphatic heterocycles. The van der Waals surface area contributed by atoms with Crippen molar-refractivity contribution in [2.24, 2.45) is 0 Å². The molecule has 0 radical (unpaired) electrons. The van der Waals surface area contributed by atoms with E-state index in [0.29, 0.717) is 23.6 Å². The lowest BCUT2D eigenvalue weighted by molar-refractivity contribution is -0.120. The molecule has 0 saturated heterocycles. The van der Waals surface area contributed by atoms with Gasteiger partial charge in [0, 0.05) is 5.69 Å². The predicted molar refractivity (Wildman–Crippen MR) is 118 cm³/mol. The summed E-state index contributed by atoms with van der Waals surface area (Å²) in [6.07, 6.45) is 0. The maximum absolute atomic E-state index is 14.5. The van der Waals surface area contributed by atoms with E-state index in [9.17, 15) is 14.0 Å². The Morgan fingerprint density at radius 1 is 0.903 bits per heavy atom. The van der Waals surface area contributed by atoms with Gasteiger partial charge in [-0.2, -0.15) is 0 Å². The van der Waals surface area contributed by atoms with Crippen molar-refractivity contribution in [1.82, 2.24) is 0 Å². The fourth-order valence-corrected chi connectivity index (χ4v) is 3.50. The van der Waals surface area contributed by atoms with Gasteiger partial charge in [0.15, 0.2) is 0 Å². The van der Waals surface area contributed by atoms with Gasteiger partial charge in [-0.25, -0.2) is 9.29 Å². The molecule has 6 heteroatoms. The number of hydrogen-bond acceptors (Lipinski definition) is 4. The molecule has 2 amide bonds. The molecule has 3 aromatic carbocycles. The number of nitrogens with zero attached hydrogens (tertiary/aromatic N) is 1. The van der Waals surface area contributed by atoms with Crippen LogP contribution in [0.15, 0.2) is 78.5 Å². The van der Waals surface area contributed by atoms with Gasteiger partial charge >= 0.3 is 0 Å². The quantitative estimate of drug-likeness (QED) is 0.579. The first-order valence-electron chi connectivity index (χ1n) is 9.94. The number of aryl methyl sites for hydroxylation is 1. The van der Waals surface area contributed by atoms with Gasteiger partial charge in [0.1, 0.15) is 17.3 Å². The van der Waals surface area contributed by atoms with Crippen LogP contribution in [0.25, 0.3) is 5.57 Å². The van der Waals surface area contributed by atoms with Crippen molar-refractivity contribution >= 4 is 28.8 Å². The van der Waals surface area contributed by atoms with Crippen LogP contribution in [0.2, 0.25) is 0 Å². The zero-order valence-corrected chi connectivity index (χ0v) is 17.2. The normalized spacial score (nSPS) is 13.7. The maximum atomic E-state index is 14.5. The molecule has 0 fully saturated rings. The van der Waals surface area contributed by atoms with E-state index in [-0.39, 0.29) is 17.0 Å². The number of nitrogens with one attached hydrogen (secondary N) is 1. The molecule has 1 aliphatic rings. The molecule has 0 bridgehead atoms. The second-order valence-corrected chi connectivity index (χ2v) is 7.04. The summed E-state index contributed by atoms with van der Waals surface area (Å²) < 4.78 is 19.9. The fourth-order valence-electron chi connectivity index (χ4n) is 3.50. The minimum absolute atomic E-state index is 0.0810. The summed E-state index contributed by atoms with van der Waals surface area (Å²) in [5.74, 6) is -1.19. The van der Waals surface area contributed by atoms with Gasteiger partial charge in [0.25, 0.3) is 11.8 Å². The minimum Gasteiger partial charge on any atom is -0.494 e. The van der Waals surface area contributed by atoms with Crippen molar-refractivity contribution in [3.8, 4) is 5.75 Å². The van der Waals surface area contributed by atoms with E-state index in [1.54, 1.807) is 30.3 Å². The molecule has 0 saturated carbocycles. The number of para-hydroxylation sites is 2. The third-order valence-electron chi connectivity index (χ3n) is 5.04. The maximum Gasteiger partial charge on any atom is 0.282 e. The highest BCUT2D eigenvalue weighted by Gasteiger charge is 2.41. The Balaban J connectivity index is 1.82. The monoisotopic (exact) mass is 416 g/mol. The molecule has 1 N–H and O–H groups in total. The number of amides is 2. The number of hydrogen-bond donors (Lipinski definition) is 1. The molecular weight excluding hydrogens is 395 g/mol. The van der Waals surface area contributed by atoms with Crippen LogP contribution in [0.4, 0.5) is 15.8 Å². The van der Waals surface area contributed by atoms with E-state index in [0.717, 1.165) is 10.5 Å². The number of halogens is 1. The molecular formula is C25H21FN2O3. The zero-order chi connectivity index (χ0) is 22.0. The highest BCUT2D eigenvalue weighted by Crippen LogP contribution is 2.35. The number of imide groups is 1. The minimum atomic E-state index is -0.646. The summed E-state index contributed by atoms with van der Waals surface area (Å²) in [6, 6.07) is 20.1. The lowest BCUT2D eigenvalue weighted by atomic mass is 10.0. The number of anilines is 2. The Bertz CT molecular complexity index is 1190. The molecule has 0 unspecified atom stereocenters. The molecule has 4 rings (SSSR count). The highest BCUT2D eigenvalue weighted by molar-refractivity contribution is 6.46. The van der Waals surface area contributed by atoms with Gasteiger partial charge in [-0.3, -0.25) is 9.59 Å². The Hall–Kier alpha value is -3.93. The van der Waals surface area contributed by atoms with Gasteiger partial charge in [-0.05, 0) is 55.3 Å². The molecule has 1 heterocycles. The van der Waals surface area contributed by atoms with Crippen LogP contribution in [-0.2, 0) is 9.59 Å². The van der Waals surface area contributed by atoms with E-state index in [4.69, 9.17) is 4.74 Å². The first-order chi connectivity index (χ1) is 15.0. The second-order valence-electron chi connectivity index (χ2n) is 7.04. The smallest absolute Gasteiger partial charge is 0.282 e. The number of carbonyl (C=O) groups excluding carboxylic acids is 2. The van der Waals surface area contributed by atoms with Crippen LogP contribution in [0.1, 0.15) is 18.1 Å². The number of carbonyl (C=O) groups is 2. The molecule has 0 aliphatic carbocycles. The topological polar surface area (TPSA) is 58.6 Å². The fraction of sp³-hybridized carbons (Fsp3) is 0.120. The summed E-state index contributed by atoms with van der Waals surface area (Å²) in [5, 5.41) is 3.11. The number of benzene rings is 3. The molecule has 3 aromatic rings. The number of rotatable bonds is 6. The van der Waals surface area contributed by atoms with Gasteiger partial charge in [-0.1, -0.05) is 42.5 Å². The van der Waals surface area contributed by atoms with Crippen LogP contribution < -0.4 is 15.0 Å². The lowest BCUT2D eigenvalue weighted by Gasteiger charge is -2.16. The Morgan fingerprint density at radius 3 is 2.26 bits per heavy atom. The predicted octanol–water partition coefficient (Wildman–Crippen LogP) is 4.93. The summed E-state index contributed by atoms with van der Waals surface area (Å²) >= 11 is 0. The van der Waals surface area contributed by atoms with Crippen molar-refractivity contribution in [2.75, 3.05) is 16.8 Å². The van der Waals surface area contributed by atoms with Crippen LogP contribution in [-0.4, -0.2) is 18.4 Å². The zero-order valence-electron chi connectivity index (χ0n) is 17.2. The standard InChI is InChI=1S/C25H21FN2O3/c1-3-31-18-14-12-17(13-15-18)22-23(27-20-10-6-4-8-16(20)2)25(30)28(24(22)29)21-11-7-5-9-19(21)26/h4-15,27H,3H2,1-2H3. The average molecular weight is 416 g/mol. The Labute approximate surface area is 179 Å². The molecule has 0 spiro atoms. The summed E-state index contributed by atoms with van der Waals surface area (Å²) in [6.45, 7) is 4.29. The van der Waals surface area contributed by atoms with Crippen LogP contribution in [0.3, 0.4) is 0 Å². The second kappa shape index (κ2) is 8.44. The van der Waals surface area contributed by atoms with E-state index in [1.165, 1.54) is 18.2 Å². The van der Waals surface area contributed by atoms with Crippen molar-refractivity contribution in [3.63, 3.8) is 0 Å². The largest absolute Gasteiger partial charge is 0.494 e. The van der Waals surface area contributed by atoms with E-state index in [2.05, 4.69) is 5.32 Å². The van der Waals surface area contributed by atoms with Gasteiger partial charge < -0.3 is 10.1 Å². The highest BCUT2D eigenvalue weighted by atomic mass is 19.1. The Morgan fingerprint density at radius 2 is 1.58 bits per heavy atom. The van der Waals surface area contributed by atoms with Crippen molar-refractivity contribution in [2.45, 2.75) is 13.8 Å². The van der Waals surface area contributed by atoms with Crippen LogP contribution in [0, 0.1) is 12.7 Å². The first kappa shape index (κ1) is 20.3.